The summed E-state index contributed by atoms with van der Waals surface area (Å²) < 4.78 is 25.3. The van der Waals surface area contributed by atoms with Crippen LogP contribution in [0.5, 0.6) is 0 Å². The van der Waals surface area contributed by atoms with E-state index in [2.05, 4.69) is 10.2 Å². The van der Waals surface area contributed by atoms with Crippen LogP contribution in [0, 0.1) is 5.92 Å². The van der Waals surface area contributed by atoms with Crippen molar-refractivity contribution in [3.05, 3.63) is 0 Å². The van der Waals surface area contributed by atoms with Crippen molar-refractivity contribution in [2.45, 2.75) is 24.8 Å². The molecule has 2 fully saturated rings. The second-order valence-corrected chi connectivity index (χ2v) is 4.28. The van der Waals surface area contributed by atoms with Gasteiger partial charge in [0, 0.05) is 38.5 Å². The Labute approximate surface area is 77.3 Å². The Hall–Kier alpha value is -0.220. The van der Waals surface area contributed by atoms with Crippen LogP contribution in [0.3, 0.4) is 0 Å². The van der Waals surface area contributed by atoms with Gasteiger partial charge in [0.15, 0.2) is 0 Å². The maximum atomic E-state index is 12.6. The van der Waals surface area contributed by atoms with Crippen molar-refractivity contribution in [2.24, 2.45) is 5.92 Å². The maximum Gasteiger partial charge on any atom is 0.248 e. The van der Waals surface area contributed by atoms with Gasteiger partial charge in [0.05, 0.1) is 0 Å². The molecule has 0 aromatic carbocycles. The topological polar surface area (TPSA) is 15.3 Å². The summed E-state index contributed by atoms with van der Waals surface area (Å²) in [4.78, 5) is 2.20. The maximum absolute atomic E-state index is 12.6. The molecule has 0 spiro atoms. The number of alkyl halides is 2. The minimum absolute atomic E-state index is 0.0870. The molecule has 4 heteroatoms. The highest BCUT2D eigenvalue weighted by molar-refractivity contribution is 4.95. The average molecular weight is 190 g/mol. The summed E-state index contributed by atoms with van der Waals surface area (Å²) in [7, 11) is 2.03. The number of halogens is 2. The molecule has 2 aliphatic rings. The van der Waals surface area contributed by atoms with E-state index in [1.54, 1.807) is 0 Å². The molecule has 1 saturated carbocycles. The summed E-state index contributed by atoms with van der Waals surface area (Å²) >= 11 is 0. The van der Waals surface area contributed by atoms with Crippen LogP contribution in [0.4, 0.5) is 8.78 Å². The molecule has 2 nitrogen and oxygen atoms in total. The predicted octanol–water partition coefficient (Wildman–Crippen LogP) is 0.935. The summed E-state index contributed by atoms with van der Waals surface area (Å²) in [6, 6.07) is 0.327. The molecule has 0 aromatic heterocycles. The number of hydrogen-bond donors (Lipinski definition) is 1. The van der Waals surface area contributed by atoms with E-state index < -0.39 is 5.92 Å². The van der Waals surface area contributed by atoms with Gasteiger partial charge in [-0.05, 0) is 13.0 Å². The Kier molecular flexibility index (Phi) is 2.28. The summed E-state index contributed by atoms with van der Waals surface area (Å²) in [6.45, 7) is 2.83. The molecule has 1 aliphatic heterocycles. The summed E-state index contributed by atoms with van der Waals surface area (Å²) in [5.41, 5.74) is 0. The summed E-state index contributed by atoms with van der Waals surface area (Å²) in [6.07, 6.45) is 0.174. The van der Waals surface area contributed by atoms with Gasteiger partial charge in [-0.2, -0.15) is 0 Å². The average Bonchev–Trinajstić information content (AvgIpc) is 2.01. The number of hydrogen-bond acceptors (Lipinski definition) is 2. The number of piperazine rings is 1. The van der Waals surface area contributed by atoms with E-state index in [0.717, 1.165) is 19.6 Å². The lowest BCUT2D eigenvalue weighted by Gasteiger charge is -2.45. The zero-order chi connectivity index (χ0) is 9.47. The van der Waals surface area contributed by atoms with Crippen molar-refractivity contribution >= 4 is 0 Å². The van der Waals surface area contributed by atoms with Gasteiger partial charge in [-0.15, -0.1) is 0 Å². The van der Waals surface area contributed by atoms with Gasteiger partial charge in [-0.3, -0.25) is 0 Å². The molecule has 76 valence electrons. The van der Waals surface area contributed by atoms with Gasteiger partial charge in [-0.25, -0.2) is 8.78 Å². The molecule has 1 atom stereocenters. The van der Waals surface area contributed by atoms with Crippen LogP contribution in [0.15, 0.2) is 0 Å². The fraction of sp³-hybridized carbons (Fsp3) is 1.00. The van der Waals surface area contributed by atoms with Crippen LogP contribution in [-0.4, -0.2) is 43.5 Å². The molecule has 1 heterocycles. The van der Waals surface area contributed by atoms with Crippen LogP contribution in [0.2, 0.25) is 0 Å². The SMILES string of the molecule is CN1CCNCC1C1CC(F)(F)C1. The second-order valence-electron chi connectivity index (χ2n) is 4.28. The Morgan fingerprint density at radius 2 is 2.08 bits per heavy atom. The molecule has 1 aliphatic carbocycles. The van der Waals surface area contributed by atoms with Gasteiger partial charge in [-0.1, -0.05) is 0 Å². The number of likely N-dealkylation sites (N-methyl/N-ethyl adjacent to an activating group) is 1. The fourth-order valence-corrected chi connectivity index (χ4v) is 2.33. The molecule has 0 amide bonds. The van der Waals surface area contributed by atoms with Crippen LogP contribution in [0.1, 0.15) is 12.8 Å². The highest BCUT2D eigenvalue weighted by atomic mass is 19.3. The first-order chi connectivity index (χ1) is 6.08. The lowest BCUT2D eigenvalue weighted by Crippen LogP contribution is -2.57. The molecular formula is C9H16F2N2. The van der Waals surface area contributed by atoms with E-state index in [9.17, 15) is 8.78 Å². The second kappa shape index (κ2) is 3.17. The lowest BCUT2D eigenvalue weighted by atomic mass is 9.75. The minimum atomic E-state index is -2.37. The van der Waals surface area contributed by atoms with E-state index in [1.165, 1.54) is 0 Å². The van der Waals surface area contributed by atoms with Crippen molar-refractivity contribution in [1.29, 1.82) is 0 Å². The normalized spacial score (nSPS) is 35.8. The summed E-state index contributed by atoms with van der Waals surface area (Å²) in [5, 5.41) is 3.26. The Bertz CT molecular complexity index is 188. The summed E-state index contributed by atoms with van der Waals surface area (Å²) in [5.74, 6) is -2.17. The smallest absolute Gasteiger partial charge is 0.248 e. The van der Waals surface area contributed by atoms with E-state index >= 15 is 0 Å². The van der Waals surface area contributed by atoms with Crippen molar-refractivity contribution in [2.75, 3.05) is 26.7 Å². The zero-order valence-corrected chi connectivity index (χ0v) is 7.89. The minimum Gasteiger partial charge on any atom is -0.314 e. The van der Waals surface area contributed by atoms with Crippen LogP contribution in [0.25, 0.3) is 0 Å². The fourth-order valence-electron chi connectivity index (χ4n) is 2.33. The van der Waals surface area contributed by atoms with E-state index in [4.69, 9.17) is 0 Å². The van der Waals surface area contributed by atoms with Crippen LogP contribution in [-0.2, 0) is 0 Å². The Morgan fingerprint density at radius 3 is 2.62 bits per heavy atom. The lowest BCUT2D eigenvalue weighted by molar-refractivity contribution is -0.131. The quantitative estimate of drug-likeness (QED) is 0.662. The molecule has 0 aromatic rings. The number of nitrogens with zero attached hydrogens (tertiary/aromatic N) is 1. The van der Waals surface area contributed by atoms with Gasteiger partial charge in [0.25, 0.3) is 0 Å². The molecule has 0 radical (unpaired) electrons. The first-order valence-electron chi connectivity index (χ1n) is 4.87. The molecular weight excluding hydrogens is 174 g/mol. The Balaban J connectivity index is 1.87. The van der Waals surface area contributed by atoms with Crippen molar-refractivity contribution in [1.82, 2.24) is 10.2 Å². The monoisotopic (exact) mass is 190 g/mol. The zero-order valence-electron chi connectivity index (χ0n) is 7.89. The molecule has 1 saturated heterocycles. The molecule has 13 heavy (non-hydrogen) atoms. The molecule has 1 unspecified atom stereocenters. The standard InChI is InChI=1S/C9H16F2N2/c1-13-3-2-12-6-8(13)7-4-9(10,11)5-7/h7-8,12H,2-6H2,1H3. The van der Waals surface area contributed by atoms with Crippen molar-refractivity contribution in [3.8, 4) is 0 Å². The largest absolute Gasteiger partial charge is 0.314 e. The molecule has 1 N–H and O–H groups in total. The predicted molar refractivity (Wildman–Crippen MR) is 47.0 cm³/mol. The van der Waals surface area contributed by atoms with Crippen LogP contribution >= 0.6 is 0 Å². The highest BCUT2D eigenvalue weighted by Gasteiger charge is 2.49. The number of rotatable bonds is 1. The first-order valence-corrected chi connectivity index (χ1v) is 4.87. The van der Waals surface area contributed by atoms with Crippen molar-refractivity contribution in [3.63, 3.8) is 0 Å². The molecule has 2 rings (SSSR count). The Morgan fingerprint density at radius 1 is 1.38 bits per heavy atom. The third kappa shape index (κ3) is 1.83. The van der Waals surface area contributed by atoms with Crippen molar-refractivity contribution < 1.29 is 8.78 Å². The molecule has 0 bridgehead atoms. The third-order valence-electron chi connectivity index (χ3n) is 3.23. The van der Waals surface area contributed by atoms with Gasteiger partial charge in [0.1, 0.15) is 0 Å². The highest BCUT2D eigenvalue weighted by Crippen LogP contribution is 2.45. The number of nitrogens with one attached hydrogen (secondary N) is 1. The van der Waals surface area contributed by atoms with E-state index in [0.29, 0.717) is 6.04 Å². The van der Waals surface area contributed by atoms with Crippen LogP contribution < -0.4 is 5.32 Å². The van der Waals surface area contributed by atoms with E-state index in [1.807, 2.05) is 7.05 Å². The van der Waals surface area contributed by atoms with Gasteiger partial charge < -0.3 is 10.2 Å². The van der Waals surface area contributed by atoms with E-state index in [-0.39, 0.29) is 18.8 Å². The third-order valence-corrected chi connectivity index (χ3v) is 3.23. The van der Waals surface area contributed by atoms with Gasteiger partial charge >= 0.3 is 0 Å². The first kappa shape index (κ1) is 9.34. The van der Waals surface area contributed by atoms with Gasteiger partial charge in [0.2, 0.25) is 5.92 Å².